The summed E-state index contributed by atoms with van der Waals surface area (Å²) in [5, 5.41) is 3.71. The van der Waals surface area contributed by atoms with E-state index in [2.05, 4.69) is 5.32 Å². The van der Waals surface area contributed by atoms with Gasteiger partial charge in [0, 0.05) is 22.6 Å². The third kappa shape index (κ3) is 7.32. The molecule has 208 valence electrons. The van der Waals surface area contributed by atoms with E-state index in [0.29, 0.717) is 27.6 Å². The third-order valence-corrected chi connectivity index (χ3v) is 9.14. The smallest absolute Gasteiger partial charge is 0.264 e. The number of nitrogens with one attached hydrogen (secondary N) is 1. The van der Waals surface area contributed by atoms with E-state index in [1.54, 1.807) is 74.5 Å². The number of sulfonamides is 1. The molecular weight excluding hydrogens is 557 g/mol. The van der Waals surface area contributed by atoms with Gasteiger partial charge in [0.15, 0.2) is 0 Å². The highest BCUT2D eigenvalue weighted by Gasteiger charge is 2.33. The Morgan fingerprint density at radius 3 is 2.15 bits per heavy atom. The topological polar surface area (TPSA) is 86.8 Å². The van der Waals surface area contributed by atoms with Gasteiger partial charge in [0.1, 0.15) is 12.6 Å². The van der Waals surface area contributed by atoms with Gasteiger partial charge in [0.05, 0.1) is 10.6 Å². The van der Waals surface area contributed by atoms with E-state index in [9.17, 15) is 18.0 Å². The molecule has 0 saturated carbocycles. The SMILES string of the molecule is CC[C@H](C)NC(=O)[C@H](C)N(Cc1ccccc1Cl)C(=O)CN(c1cccc(Cl)c1C)S(=O)(=O)c1ccccc1. The first kappa shape index (κ1) is 30.5. The predicted octanol–water partition coefficient (Wildman–Crippen LogP) is 5.83. The number of carbonyl (C=O) groups is 2. The van der Waals surface area contributed by atoms with Gasteiger partial charge in [-0.25, -0.2) is 8.42 Å². The monoisotopic (exact) mass is 589 g/mol. The maximum atomic E-state index is 14.0. The lowest BCUT2D eigenvalue weighted by Gasteiger charge is -2.33. The van der Waals surface area contributed by atoms with E-state index in [-0.39, 0.29) is 29.1 Å². The average Bonchev–Trinajstić information content (AvgIpc) is 2.92. The van der Waals surface area contributed by atoms with Crippen LogP contribution in [0.1, 0.15) is 38.3 Å². The Balaban J connectivity index is 2.07. The Morgan fingerprint density at radius 2 is 1.51 bits per heavy atom. The largest absolute Gasteiger partial charge is 0.352 e. The number of benzene rings is 3. The van der Waals surface area contributed by atoms with Gasteiger partial charge >= 0.3 is 0 Å². The first-order valence-electron chi connectivity index (χ1n) is 12.6. The molecule has 0 aliphatic rings. The van der Waals surface area contributed by atoms with Crippen molar-refractivity contribution in [3.05, 3.63) is 94.0 Å². The van der Waals surface area contributed by atoms with Crippen molar-refractivity contribution in [2.45, 2.75) is 57.6 Å². The summed E-state index contributed by atoms with van der Waals surface area (Å²) in [5.41, 5.74) is 1.41. The molecule has 3 aromatic carbocycles. The summed E-state index contributed by atoms with van der Waals surface area (Å²) in [6.45, 7) is 6.60. The van der Waals surface area contributed by atoms with Crippen LogP contribution in [0.15, 0.2) is 77.7 Å². The Morgan fingerprint density at radius 1 is 0.897 bits per heavy atom. The molecule has 1 N–H and O–H groups in total. The molecule has 7 nitrogen and oxygen atoms in total. The zero-order valence-corrected chi connectivity index (χ0v) is 24.7. The summed E-state index contributed by atoms with van der Waals surface area (Å²) in [6.07, 6.45) is 0.716. The van der Waals surface area contributed by atoms with Crippen molar-refractivity contribution < 1.29 is 18.0 Å². The highest BCUT2D eigenvalue weighted by molar-refractivity contribution is 7.92. The number of amides is 2. The molecule has 39 heavy (non-hydrogen) atoms. The fourth-order valence-electron chi connectivity index (χ4n) is 3.96. The fraction of sp³-hybridized carbons (Fsp3) is 0.310. The Bertz CT molecular complexity index is 1420. The van der Waals surface area contributed by atoms with Gasteiger partial charge in [-0.15, -0.1) is 0 Å². The second-order valence-electron chi connectivity index (χ2n) is 9.32. The van der Waals surface area contributed by atoms with Gasteiger partial charge in [-0.05, 0) is 68.7 Å². The summed E-state index contributed by atoms with van der Waals surface area (Å²) in [7, 11) is -4.17. The maximum Gasteiger partial charge on any atom is 0.264 e. The van der Waals surface area contributed by atoms with Crippen molar-refractivity contribution in [3.63, 3.8) is 0 Å². The molecule has 0 bridgehead atoms. The van der Waals surface area contributed by atoms with Crippen molar-refractivity contribution in [1.29, 1.82) is 0 Å². The Kier molecular flexibility index (Phi) is 10.4. The van der Waals surface area contributed by atoms with Crippen LogP contribution >= 0.6 is 23.2 Å². The van der Waals surface area contributed by atoms with E-state index in [0.717, 1.165) is 4.31 Å². The third-order valence-electron chi connectivity index (χ3n) is 6.58. The summed E-state index contributed by atoms with van der Waals surface area (Å²) < 4.78 is 28.8. The van der Waals surface area contributed by atoms with Crippen molar-refractivity contribution in [2.75, 3.05) is 10.8 Å². The van der Waals surface area contributed by atoms with Crippen molar-refractivity contribution in [3.8, 4) is 0 Å². The van der Waals surface area contributed by atoms with Crippen molar-refractivity contribution >= 4 is 50.7 Å². The van der Waals surface area contributed by atoms with Gasteiger partial charge in [-0.3, -0.25) is 13.9 Å². The number of carbonyl (C=O) groups excluding carboxylic acids is 2. The second-order valence-corrected chi connectivity index (χ2v) is 12.0. The van der Waals surface area contributed by atoms with Crippen LogP contribution in [0, 0.1) is 6.92 Å². The van der Waals surface area contributed by atoms with Crippen LogP contribution in [-0.2, 0) is 26.2 Å². The van der Waals surface area contributed by atoms with Crippen LogP contribution in [0.4, 0.5) is 5.69 Å². The molecule has 0 saturated heterocycles. The first-order chi connectivity index (χ1) is 18.5. The molecule has 2 atom stereocenters. The van der Waals surface area contributed by atoms with Crippen LogP contribution in [-0.4, -0.2) is 43.8 Å². The van der Waals surface area contributed by atoms with E-state index < -0.39 is 28.5 Å². The standard InChI is InChI=1S/C29H33Cl2N3O4S/c1-5-20(2)32-29(36)22(4)33(18-23-12-9-10-15-26(23)31)28(35)19-34(27-17-11-16-25(30)21(27)3)39(37,38)24-13-7-6-8-14-24/h6-17,20,22H,5,18-19H2,1-4H3,(H,32,36)/t20-,22-/m0/s1. The number of hydrogen-bond donors (Lipinski definition) is 1. The molecule has 0 unspecified atom stereocenters. The van der Waals surface area contributed by atoms with Crippen LogP contribution in [0.5, 0.6) is 0 Å². The van der Waals surface area contributed by atoms with Crippen LogP contribution in [0.2, 0.25) is 10.0 Å². The molecule has 0 fully saturated rings. The molecule has 0 aromatic heterocycles. The minimum atomic E-state index is -4.17. The first-order valence-corrected chi connectivity index (χ1v) is 14.8. The van der Waals surface area contributed by atoms with Gasteiger partial charge in [-0.1, -0.05) is 72.6 Å². The lowest BCUT2D eigenvalue weighted by Crippen LogP contribution is -2.52. The fourth-order valence-corrected chi connectivity index (χ4v) is 5.82. The maximum absolute atomic E-state index is 14.0. The predicted molar refractivity (Wildman–Crippen MR) is 157 cm³/mol. The molecule has 3 aromatic rings. The molecule has 0 aliphatic carbocycles. The number of hydrogen-bond acceptors (Lipinski definition) is 4. The van der Waals surface area contributed by atoms with E-state index in [4.69, 9.17) is 23.2 Å². The quantitative estimate of drug-likeness (QED) is 0.305. The van der Waals surface area contributed by atoms with Gasteiger partial charge in [-0.2, -0.15) is 0 Å². The molecule has 10 heteroatoms. The van der Waals surface area contributed by atoms with E-state index in [1.807, 2.05) is 13.8 Å². The van der Waals surface area contributed by atoms with Crippen molar-refractivity contribution in [1.82, 2.24) is 10.2 Å². The lowest BCUT2D eigenvalue weighted by molar-refractivity contribution is -0.139. The normalized spacial score (nSPS) is 12.9. The van der Waals surface area contributed by atoms with E-state index >= 15 is 0 Å². The summed E-state index contributed by atoms with van der Waals surface area (Å²) in [6, 6.07) is 18.8. The highest BCUT2D eigenvalue weighted by atomic mass is 35.5. The summed E-state index contributed by atoms with van der Waals surface area (Å²) in [5.74, 6) is -0.915. The number of anilines is 1. The minimum Gasteiger partial charge on any atom is -0.352 e. The highest BCUT2D eigenvalue weighted by Crippen LogP contribution is 2.31. The van der Waals surface area contributed by atoms with E-state index in [1.165, 1.54) is 17.0 Å². The average molecular weight is 591 g/mol. The number of halogens is 2. The Labute approximate surface area is 240 Å². The molecule has 3 rings (SSSR count). The molecule has 0 radical (unpaired) electrons. The number of nitrogens with zero attached hydrogens (tertiary/aromatic N) is 2. The zero-order valence-electron chi connectivity index (χ0n) is 22.4. The Hall–Kier alpha value is -3.07. The van der Waals surface area contributed by atoms with Gasteiger partial charge < -0.3 is 10.2 Å². The van der Waals surface area contributed by atoms with Crippen LogP contribution in [0.3, 0.4) is 0 Å². The summed E-state index contributed by atoms with van der Waals surface area (Å²) in [4.78, 5) is 28.5. The van der Waals surface area contributed by atoms with Gasteiger partial charge in [0.2, 0.25) is 11.8 Å². The summed E-state index contributed by atoms with van der Waals surface area (Å²) >= 11 is 12.7. The minimum absolute atomic E-state index is 0.0152. The molecule has 2 amide bonds. The molecule has 0 aliphatic heterocycles. The zero-order chi connectivity index (χ0) is 28.7. The van der Waals surface area contributed by atoms with Crippen LogP contribution in [0.25, 0.3) is 0 Å². The van der Waals surface area contributed by atoms with Crippen LogP contribution < -0.4 is 9.62 Å². The molecule has 0 spiro atoms. The number of rotatable bonds is 11. The second kappa shape index (κ2) is 13.3. The lowest BCUT2D eigenvalue weighted by atomic mass is 10.1. The molecule has 0 heterocycles. The van der Waals surface area contributed by atoms with Gasteiger partial charge in [0.25, 0.3) is 10.0 Å². The molecular formula is C29H33Cl2N3O4S. The van der Waals surface area contributed by atoms with Crippen molar-refractivity contribution in [2.24, 2.45) is 0 Å².